The predicted octanol–water partition coefficient (Wildman–Crippen LogP) is -0.536. The third-order valence-corrected chi connectivity index (χ3v) is 4.27. The molecule has 1 aromatic carbocycles. The Labute approximate surface area is 159 Å². The lowest BCUT2D eigenvalue weighted by Gasteiger charge is -2.39. The second kappa shape index (κ2) is 7.94. The summed E-state index contributed by atoms with van der Waals surface area (Å²) >= 11 is 0. The largest absolute Gasteiger partial charge is 0.504 e. The van der Waals surface area contributed by atoms with Crippen molar-refractivity contribution in [2.45, 2.75) is 50.7 Å². The summed E-state index contributed by atoms with van der Waals surface area (Å²) in [6.45, 7) is 2.99. The molecular weight excluding hydrogens is 376 g/mol. The Morgan fingerprint density at radius 3 is 2.50 bits per heavy atom. The molecular formula is C18H22O10. The molecule has 10 heteroatoms. The SMILES string of the molecule is CC(C)Oc1ccc2c(O)c(O[C@@H]3O[C@H](CO)[C@@H](O)[C@H](O)[C@@H]3O)c(=O)oc2c1. The highest BCUT2D eigenvalue weighted by molar-refractivity contribution is 5.86. The van der Waals surface area contributed by atoms with Gasteiger partial charge in [0.25, 0.3) is 5.75 Å². The second-order valence-corrected chi connectivity index (χ2v) is 6.71. The molecule has 0 aliphatic carbocycles. The number of aromatic hydroxyl groups is 1. The number of hydrogen-bond donors (Lipinski definition) is 5. The van der Waals surface area contributed by atoms with Crippen LogP contribution in [0.1, 0.15) is 13.8 Å². The van der Waals surface area contributed by atoms with Crippen LogP contribution in [0.3, 0.4) is 0 Å². The van der Waals surface area contributed by atoms with E-state index in [4.69, 9.17) is 18.6 Å². The van der Waals surface area contributed by atoms with E-state index >= 15 is 0 Å². The molecule has 5 N–H and O–H groups in total. The molecule has 3 rings (SSSR count). The maximum absolute atomic E-state index is 12.3. The van der Waals surface area contributed by atoms with E-state index < -0.39 is 54.4 Å². The molecule has 10 nitrogen and oxygen atoms in total. The van der Waals surface area contributed by atoms with Crippen LogP contribution in [-0.4, -0.2) is 68.9 Å². The lowest BCUT2D eigenvalue weighted by Crippen LogP contribution is -2.60. The van der Waals surface area contributed by atoms with Gasteiger partial charge in [0, 0.05) is 6.07 Å². The first-order valence-corrected chi connectivity index (χ1v) is 8.66. The topological polar surface area (TPSA) is 159 Å². The van der Waals surface area contributed by atoms with Crippen LogP contribution < -0.4 is 15.1 Å². The van der Waals surface area contributed by atoms with Gasteiger partial charge in [0.05, 0.1) is 18.1 Å². The summed E-state index contributed by atoms with van der Waals surface area (Å²) in [6.07, 6.45) is -7.98. The zero-order valence-corrected chi connectivity index (χ0v) is 15.2. The number of ether oxygens (including phenoxy) is 3. The Morgan fingerprint density at radius 1 is 1.14 bits per heavy atom. The summed E-state index contributed by atoms with van der Waals surface area (Å²) in [5, 5.41) is 49.4. The summed E-state index contributed by atoms with van der Waals surface area (Å²) in [5.41, 5.74) is -0.995. The van der Waals surface area contributed by atoms with Crippen LogP contribution in [0.5, 0.6) is 17.2 Å². The zero-order chi connectivity index (χ0) is 20.6. The van der Waals surface area contributed by atoms with Crippen molar-refractivity contribution in [3.63, 3.8) is 0 Å². The van der Waals surface area contributed by atoms with Gasteiger partial charge in [-0.05, 0) is 26.0 Å². The fourth-order valence-corrected chi connectivity index (χ4v) is 2.88. The first kappa shape index (κ1) is 20.4. The molecule has 0 bridgehead atoms. The van der Waals surface area contributed by atoms with Crippen LogP contribution in [0, 0.1) is 0 Å². The molecule has 1 aliphatic rings. The Kier molecular flexibility index (Phi) is 5.77. The normalized spacial score (nSPS) is 27.9. The molecule has 1 fully saturated rings. The van der Waals surface area contributed by atoms with E-state index in [2.05, 4.69) is 0 Å². The van der Waals surface area contributed by atoms with E-state index in [1.54, 1.807) is 6.07 Å². The van der Waals surface area contributed by atoms with Crippen LogP contribution >= 0.6 is 0 Å². The number of aliphatic hydroxyl groups is 4. The maximum Gasteiger partial charge on any atom is 0.383 e. The van der Waals surface area contributed by atoms with Gasteiger partial charge in [-0.25, -0.2) is 4.79 Å². The predicted molar refractivity (Wildman–Crippen MR) is 94.3 cm³/mol. The quantitative estimate of drug-likeness (QED) is 0.414. The van der Waals surface area contributed by atoms with Crippen molar-refractivity contribution in [2.24, 2.45) is 0 Å². The maximum atomic E-state index is 12.3. The molecule has 0 saturated carbocycles. The average Bonchev–Trinajstić information content (AvgIpc) is 2.64. The summed E-state index contributed by atoms with van der Waals surface area (Å²) in [6, 6.07) is 4.47. The van der Waals surface area contributed by atoms with Crippen LogP contribution in [-0.2, 0) is 4.74 Å². The van der Waals surface area contributed by atoms with Gasteiger partial charge in [-0.2, -0.15) is 0 Å². The first-order chi connectivity index (χ1) is 13.2. The van der Waals surface area contributed by atoms with E-state index in [0.717, 1.165) is 0 Å². The Balaban J connectivity index is 1.94. The summed E-state index contributed by atoms with van der Waals surface area (Å²) < 4.78 is 21.1. The third-order valence-electron chi connectivity index (χ3n) is 4.27. The Hall–Kier alpha value is -2.37. The van der Waals surface area contributed by atoms with Gasteiger partial charge in [-0.3, -0.25) is 0 Å². The molecule has 1 aliphatic heterocycles. The van der Waals surface area contributed by atoms with Crippen LogP contribution in [0.15, 0.2) is 27.4 Å². The molecule has 1 saturated heterocycles. The Bertz CT molecular complexity index is 890. The summed E-state index contributed by atoms with van der Waals surface area (Å²) in [5.74, 6) is -0.763. The van der Waals surface area contributed by atoms with Gasteiger partial charge in [-0.1, -0.05) is 0 Å². The average molecular weight is 398 g/mol. The standard InChI is InChI=1S/C18H22O10/c1-7(2)25-8-3-4-9-10(5-8)26-17(24)16(12(9)20)28-18-15(23)14(22)13(21)11(6-19)27-18/h3-5,7,11,13-15,18-23H,6H2,1-2H3/t11-,13-,14+,15+,18+/m1/s1. The minimum Gasteiger partial charge on any atom is -0.504 e. The molecule has 5 atom stereocenters. The second-order valence-electron chi connectivity index (χ2n) is 6.71. The summed E-state index contributed by atoms with van der Waals surface area (Å²) in [7, 11) is 0. The van der Waals surface area contributed by atoms with Gasteiger partial charge < -0.3 is 44.2 Å². The van der Waals surface area contributed by atoms with Gasteiger partial charge in [0.15, 0.2) is 5.75 Å². The van der Waals surface area contributed by atoms with E-state index in [0.29, 0.717) is 5.75 Å². The lowest BCUT2D eigenvalue weighted by molar-refractivity contribution is -0.278. The van der Waals surface area contributed by atoms with Gasteiger partial charge in [0.1, 0.15) is 35.7 Å². The first-order valence-electron chi connectivity index (χ1n) is 8.66. The molecule has 28 heavy (non-hydrogen) atoms. The molecule has 2 heterocycles. The van der Waals surface area contributed by atoms with E-state index in [9.17, 15) is 30.3 Å². The summed E-state index contributed by atoms with van der Waals surface area (Å²) in [4.78, 5) is 12.3. The number of benzene rings is 1. The smallest absolute Gasteiger partial charge is 0.383 e. The highest BCUT2D eigenvalue weighted by atomic mass is 16.7. The molecule has 2 aromatic rings. The Morgan fingerprint density at radius 2 is 1.86 bits per heavy atom. The minimum absolute atomic E-state index is 0.0572. The van der Waals surface area contributed by atoms with E-state index in [1.807, 2.05) is 13.8 Å². The number of aliphatic hydroxyl groups excluding tert-OH is 4. The van der Waals surface area contributed by atoms with Gasteiger partial charge >= 0.3 is 5.63 Å². The number of rotatable bonds is 5. The van der Waals surface area contributed by atoms with E-state index in [1.165, 1.54) is 12.1 Å². The highest BCUT2D eigenvalue weighted by Crippen LogP contribution is 2.35. The molecule has 0 unspecified atom stereocenters. The van der Waals surface area contributed by atoms with Crippen molar-refractivity contribution in [1.82, 2.24) is 0 Å². The zero-order valence-electron chi connectivity index (χ0n) is 15.2. The lowest BCUT2D eigenvalue weighted by atomic mass is 9.99. The van der Waals surface area contributed by atoms with Crippen molar-refractivity contribution < 1.29 is 44.2 Å². The third kappa shape index (κ3) is 3.77. The molecule has 0 radical (unpaired) electrons. The molecule has 1 aromatic heterocycles. The van der Waals surface area contributed by atoms with Crippen LogP contribution in [0.2, 0.25) is 0 Å². The van der Waals surface area contributed by atoms with Crippen molar-refractivity contribution >= 4 is 11.0 Å². The van der Waals surface area contributed by atoms with Crippen LogP contribution in [0.4, 0.5) is 0 Å². The fourth-order valence-electron chi connectivity index (χ4n) is 2.88. The van der Waals surface area contributed by atoms with E-state index in [-0.39, 0.29) is 17.1 Å². The number of hydrogen-bond acceptors (Lipinski definition) is 10. The van der Waals surface area contributed by atoms with Crippen molar-refractivity contribution in [2.75, 3.05) is 6.61 Å². The van der Waals surface area contributed by atoms with Crippen molar-refractivity contribution in [3.05, 3.63) is 28.6 Å². The van der Waals surface area contributed by atoms with Crippen LogP contribution in [0.25, 0.3) is 11.0 Å². The minimum atomic E-state index is -1.74. The van der Waals surface area contributed by atoms with Crippen molar-refractivity contribution in [1.29, 1.82) is 0 Å². The monoisotopic (exact) mass is 398 g/mol. The highest BCUT2D eigenvalue weighted by Gasteiger charge is 2.45. The molecule has 0 spiro atoms. The number of fused-ring (bicyclic) bond motifs is 1. The molecule has 0 amide bonds. The fraction of sp³-hybridized carbons (Fsp3) is 0.500. The molecule has 154 valence electrons. The van der Waals surface area contributed by atoms with Gasteiger partial charge in [-0.15, -0.1) is 0 Å². The van der Waals surface area contributed by atoms with Gasteiger partial charge in [0.2, 0.25) is 6.29 Å². The van der Waals surface area contributed by atoms with Crippen molar-refractivity contribution in [3.8, 4) is 17.2 Å².